The molecule has 21 heavy (non-hydrogen) atoms. The minimum absolute atomic E-state index is 0.182. The number of aromatic nitrogens is 2. The van der Waals surface area contributed by atoms with E-state index in [1.165, 1.54) is 16.8 Å². The lowest BCUT2D eigenvalue weighted by Gasteiger charge is -2.02. The standard InChI is InChI=1S/C13H8N4O4/c18-16(19)10-5-6-12(13(7-10)17(20)21)15-8-9-3-1-2-4-11(9)14-15/h1-8H. The molecule has 0 aliphatic rings. The number of fused-ring (bicyclic) bond motifs is 1. The van der Waals surface area contributed by atoms with Crippen molar-refractivity contribution in [1.82, 2.24) is 9.78 Å². The molecule has 0 aliphatic heterocycles. The number of hydrogen-bond acceptors (Lipinski definition) is 5. The van der Waals surface area contributed by atoms with Gasteiger partial charge < -0.3 is 0 Å². The molecule has 0 unspecified atom stereocenters. The second-order valence-electron chi connectivity index (χ2n) is 4.32. The average molecular weight is 284 g/mol. The van der Waals surface area contributed by atoms with Gasteiger partial charge in [-0.1, -0.05) is 18.2 Å². The monoisotopic (exact) mass is 284 g/mol. The Bertz CT molecular complexity index is 838. The summed E-state index contributed by atoms with van der Waals surface area (Å²) in [5.74, 6) is 0. The molecule has 104 valence electrons. The zero-order chi connectivity index (χ0) is 15.0. The third-order valence-electron chi connectivity index (χ3n) is 3.03. The summed E-state index contributed by atoms with van der Waals surface area (Å²) >= 11 is 0. The van der Waals surface area contributed by atoms with Crippen molar-refractivity contribution >= 4 is 22.3 Å². The molecule has 8 nitrogen and oxygen atoms in total. The molecule has 8 heteroatoms. The summed E-state index contributed by atoms with van der Waals surface area (Å²) in [6, 6.07) is 10.7. The Balaban J connectivity index is 2.21. The first-order valence-corrected chi connectivity index (χ1v) is 5.94. The van der Waals surface area contributed by atoms with Crippen molar-refractivity contribution < 1.29 is 9.85 Å². The molecule has 2 aromatic carbocycles. The largest absolute Gasteiger partial charge is 0.301 e. The van der Waals surface area contributed by atoms with Crippen LogP contribution in [-0.2, 0) is 0 Å². The first-order chi connectivity index (χ1) is 10.1. The third-order valence-corrected chi connectivity index (χ3v) is 3.03. The number of nitro benzene ring substituents is 2. The second-order valence-corrected chi connectivity index (χ2v) is 4.32. The fraction of sp³-hybridized carbons (Fsp3) is 0. The van der Waals surface area contributed by atoms with Crippen LogP contribution in [0.1, 0.15) is 0 Å². The van der Waals surface area contributed by atoms with Crippen LogP contribution in [0, 0.1) is 20.2 Å². The highest BCUT2D eigenvalue weighted by Crippen LogP contribution is 2.28. The number of nitro groups is 2. The van der Waals surface area contributed by atoms with E-state index in [-0.39, 0.29) is 17.1 Å². The van der Waals surface area contributed by atoms with Gasteiger partial charge >= 0.3 is 5.69 Å². The zero-order valence-corrected chi connectivity index (χ0v) is 10.5. The van der Waals surface area contributed by atoms with E-state index < -0.39 is 9.85 Å². The summed E-state index contributed by atoms with van der Waals surface area (Å²) in [5.41, 5.74) is 0.172. The molecule has 0 N–H and O–H groups in total. The Morgan fingerprint density at radius 2 is 1.76 bits per heavy atom. The Morgan fingerprint density at radius 3 is 2.43 bits per heavy atom. The van der Waals surface area contributed by atoms with Crippen LogP contribution in [0.5, 0.6) is 0 Å². The van der Waals surface area contributed by atoms with Gasteiger partial charge in [0.15, 0.2) is 0 Å². The van der Waals surface area contributed by atoms with E-state index in [1.807, 2.05) is 18.2 Å². The van der Waals surface area contributed by atoms with E-state index in [4.69, 9.17) is 0 Å². The van der Waals surface area contributed by atoms with E-state index in [0.29, 0.717) is 5.52 Å². The highest BCUT2D eigenvalue weighted by atomic mass is 16.6. The predicted molar refractivity (Wildman–Crippen MR) is 74.4 cm³/mol. The van der Waals surface area contributed by atoms with Crippen LogP contribution in [0.4, 0.5) is 11.4 Å². The molecular weight excluding hydrogens is 276 g/mol. The average Bonchev–Trinajstić information content (AvgIpc) is 2.90. The van der Waals surface area contributed by atoms with Gasteiger partial charge in [0.2, 0.25) is 0 Å². The molecule has 1 aromatic heterocycles. The fourth-order valence-electron chi connectivity index (χ4n) is 2.05. The molecule has 0 bridgehead atoms. The normalized spacial score (nSPS) is 10.7. The van der Waals surface area contributed by atoms with Gasteiger partial charge in [-0.15, -0.1) is 0 Å². The number of non-ortho nitro benzene ring substituents is 1. The van der Waals surface area contributed by atoms with Gasteiger partial charge in [-0.25, -0.2) is 4.68 Å². The number of nitrogens with zero attached hydrogens (tertiary/aromatic N) is 4. The summed E-state index contributed by atoms with van der Waals surface area (Å²) in [6.45, 7) is 0. The molecule has 3 aromatic rings. The summed E-state index contributed by atoms with van der Waals surface area (Å²) in [7, 11) is 0. The second kappa shape index (κ2) is 4.67. The van der Waals surface area contributed by atoms with Gasteiger partial charge in [0.25, 0.3) is 5.69 Å². The number of rotatable bonds is 3. The molecule has 0 fully saturated rings. The van der Waals surface area contributed by atoms with E-state index in [9.17, 15) is 20.2 Å². The summed E-state index contributed by atoms with van der Waals surface area (Å²) in [6.07, 6.45) is 1.64. The Labute approximate surface area is 117 Å². The number of hydrogen-bond donors (Lipinski definition) is 0. The van der Waals surface area contributed by atoms with Crippen LogP contribution in [0.25, 0.3) is 16.6 Å². The molecule has 0 atom stereocenters. The lowest BCUT2D eigenvalue weighted by atomic mass is 10.2. The van der Waals surface area contributed by atoms with E-state index >= 15 is 0 Å². The van der Waals surface area contributed by atoms with Crippen molar-refractivity contribution in [2.75, 3.05) is 0 Å². The third kappa shape index (κ3) is 2.18. The van der Waals surface area contributed by atoms with Gasteiger partial charge in [-0.2, -0.15) is 5.10 Å². The Morgan fingerprint density at radius 1 is 1.00 bits per heavy atom. The summed E-state index contributed by atoms with van der Waals surface area (Å²) < 4.78 is 1.35. The molecule has 0 saturated heterocycles. The Kier molecular flexibility index (Phi) is 2.83. The molecule has 3 rings (SSSR count). The molecule has 1 heterocycles. The van der Waals surface area contributed by atoms with Crippen molar-refractivity contribution in [3.8, 4) is 5.69 Å². The summed E-state index contributed by atoms with van der Waals surface area (Å²) in [5, 5.41) is 26.9. The first-order valence-electron chi connectivity index (χ1n) is 5.94. The van der Waals surface area contributed by atoms with Crippen LogP contribution in [-0.4, -0.2) is 19.6 Å². The fourth-order valence-corrected chi connectivity index (χ4v) is 2.05. The lowest BCUT2D eigenvalue weighted by Crippen LogP contribution is -2.01. The van der Waals surface area contributed by atoms with Crippen molar-refractivity contribution in [3.63, 3.8) is 0 Å². The molecule has 0 radical (unpaired) electrons. The van der Waals surface area contributed by atoms with Crippen molar-refractivity contribution in [2.45, 2.75) is 0 Å². The van der Waals surface area contributed by atoms with E-state index in [1.54, 1.807) is 12.3 Å². The minimum Gasteiger partial charge on any atom is -0.258 e. The molecule has 0 spiro atoms. The van der Waals surface area contributed by atoms with Gasteiger partial charge in [0.05, 0.1) is 21.4 Å². The van der Waals surface area contributed by atoms with Crippen molar-refractivity contribution in [2.24, 2.45) is 0 Å². The highest BCUT2D eigenvalue weighted by Gasteiger charge is 2.21. The van der Waals surface area contributed by atoms with Gasteiger partial charge in [-0.05, 0) is 12.1 Å². The number of benzene rings is 2. The zero-order valence-electron chi connectivity index (χ0n) is 10.5. The SMILES string of the molecule is O=[N+]([O-])c1ccc(-n2cc3ccccc3n2)c([N+](=O)[O-])c1. The lowest BCUT2D eigenvalue weighted by molar-refractivity contribution is -0.394. The molecular formula is C13H8N4O4. The topological polar surface area (TPSA) is 104 Å². The summed E-state index contributed by atoms with van der Waals surface area (Å²) in [4.78, 5) is 20.5. The molecule has 0 saturated carbocycles. The van der Waals surface area contributed by atoms with Gasteiger partial charge in [0, 0.05) is 17.6 Å². The van der Waals surface area contributed by atoms with Crippen molar-refractivity contribution in [1.29, 1.82) is 0 Å². The van der Waals surface area contributed by atoms with Crippen LogP contribution < -0.4 is 0 Å². The minimum atomic E-state index is -0.670. The Hall–Kier alpha value is -3.29. The quantitative estimate of drug-likeness (QED) is 0.543. The van der Waals surface area contributed by atoms with Gasteiger partial charge in [-0.3, -0.25) is 20.2 Å². The van der Waals surface area contributed by atoms with Gasteiger partial charge in [0.1, 0.15) is 5.69 Å². The van der Waals surface area contributed by atoms with Crippen LogP contribution in [0.15, 0.2) is 48.7 Å². The van der Waals surface area contributed by atoms with Crippen molar-refractivity contribution in [3.05, 3.63) is 68.9 Å². The molecule has 0 aliphatic carbocycles. The predicted octanol–water partition coefficient (Wildman–Crippen LogP) is 2.84. The first kappa shape index (κ1) is 12.7. The van der Waals surface area contributed by atoms with E-state index in [0.717, 1.165) is 11.5 Å². The van der Waals surface area contributed by atoms with Crippen LogP contribution >= 0.6 is 0 Å². The van der Waals surface area contributed by atoms with Crippen LogP contribution in [0.3, 0.4) is 0 Å². The maximum absolute atomic E-state index is 11.1. The highest BCUT2D eigenvalue weighted by molar-refractivity contribution is 5.78. The maximum atomic E-state index is 11.1. The van der Waals surface area contributed by atoms with Crippen LogP contribution in [0.2, 0.25) is 0 Å². The van der Waals surface area contributed by atoms with E-state index in [2.05, 4.69) is 5.10 Å². The molecule has 0 amide bonds. The maximum Gasteiger partial charge on any atom is 0.301 e. The smallest absolute Gasteiger partial charge is 0.258 e.